The molecule has 0 radical (unpaired) electrons. The van der Waals surface area contributed by atoms with Crippen molar-refractivity contribution in [2.24, 2.45) is 0 Å². The summed E-state index contributed by atoms with van der Waals surface area (Å²) in [5.74, 6) is -0.149. The number of hydrogen-bond acceptors (Lipinski definition) is 5. The molecule has 2 amide bonds. The first kappa shape index (κ1) is 22.4. The highest BCUT2D eigenvalue weighted by Gasteiger charge is 2.35. The van der Waals surface area contributed by atoms with E-state index in [2.05, 4.69) is 5.32 Å². The summed E-state index contributed by atoms with van der Waals surface area (Å²) in [5, 5.41) is 2.83. The maximum atomic E-state index is 13.1. The predicted molar refractivity (Wildman–Crippen MR) is 109 cm³/mol. The van der Waals surface area contributed by atoms with Crippen LogP contribution in [0.15, 0.2) is 30.3 Å². The first-order valence-electron chi connectivity index (χ1n) is 9.75. The van der Waals surface area contributed by atoms with E-state index in [4.69, 9.17) is 0 Å². The number of carbonyl (C=O) groups excluding carboxylic acids is 2. The number of sulfone groups is 1. The zero-order chi connectivity index (χ0) is 20.7. The highest BCUT2D eigenvalue weighted by Crippen LogP contribution is 2.20. The van der Waals surface area contributed by atoms with Gasteiger partial charge in [0.05, 0.1) is 24.6 Å². The molecule has 8 heteroatoms. The third kappa shape index (κ3) is 6.91. The van der Waals surface area contributed by atoms with Crippen molar-refractivity contribution in [1.82, 2.24) is 15.1 Å². The molecule has 0 aromatic heterocycles. The lowest BCUT2D eigenvalue weighted by Gasteiger charge is -2.31. The predicted octanol–water partition coefficient (Wildman–Crippen LogP) is 1.05. The Morgan fingerprint density at radius 2 is 1.86 bits per heavy atom. The number of nitrogens with zero attached hydrogens (tertiary/aromatic N) is 2. The van der Waals surface area contributed by atoms with Gasteiger partial charge < -0.3 is 10.2 Å². The Morgan fingerprint density at radius 3 is 2.39 bits per heavy atom. The molecule has 0 unspecified atom stereocenters. The first-order chi connectivity index (χ1) is 13.2. The van der Waals surface area contributed by atoms with Crippen molar-refractivity contribution >= 4 is 21.7 Å². The summed E-state index contributed by atoms with van der Waals surface area (Å²) in [6.07, 6.45) is 0.459. The largest absolute Gasteiger partial charge is 0.353 e. The lowest BCUT2D eigenvalue weighted by molar-refractivity contribution is -0.135. The van der Waals surface area contributed by atoms with Crippen molar-refractivity contribution < 1.29 is 18.0 Å². The van der Waals surface area contributed by atoms with Gasteiger partial charge in [-0.15, -0.1) is 0 Å². The molecule has 1 heterocycles. The maximum absolute atomic E-state index is 13.1. The van der Waals surface area contributed by atoms with Gasteiger partial charge in [0.1, 0.15) is 0 Å². The van der Waals surface area contributed by atoms with Gasteiger partial charge >= 0.3 is 0 Å². The molecular weight excluding hydrogens is 378 g/mol. The lowest BCUT2D eigenvalue weighted by Crippen LogP contribution is -2.48. The van der Waals surface area contributed by atoms with E-state index in [0.717, 1.165) is 5.56 Å². The summed E-state index contributed by atoms with van der Waals surface area (Å²) in [5.41, 5.74) is 0.959. The van der Waals surface area contributed by atoms with E-state index in [9.17, 15) is 18.0 Å². The average molecular weight is 410 g/mol. The third-order valence-electron chi connectivity index (χ3n) is 4.79. The highest BCUT2D eigenvalue weighted by atomic mass is 32.2. The molecule has 1 aliphatic rings. The van der Waals surface area contributed by atoms with E-state index in [1.807, 2.05) is 51.1 Å². The molecule has 0 saturated carbocycles. The summed E-state index contributed by atoms with van der Waals surface area (Å²) >= 11 is 0. The molecule has 2 rings (SSSR count). The SMILES string of the molecule is CCN(CC(=O)NC(C)C)CC(=O)N(Cc1ccccc1)[C@H]1CCS(=O)(=O)C1. The molecule has 0 bridgehead atoms. The van der Waals surface area contributed by atoms with Crippen LogP contribution in [0.2, 0.25) is 0 Å². The Labute approximate surface area is 168 Å². The topological polar surface area (TPSA) is 86.8 Å². The minimum Gasteiger partial charge on any atom is -0.353 e. The van der Waals surface area contributed by atoms with Crippen molar-refractivity contribution in [2.45, 2.75) is 45.8 Å². The zero-order valence-corrected chi connectivity index (χ0v) is 17.7. The second kappa shape index (κ2) is 10.0. The van der Waals surface area contributed by atoms with Gasteiger partial charge in [-0.25, -0.2) is 8.42 Å². The van der Waals surface area contributed by atoms with Gasteiger partial charge in [-0.3, -0.25) is 14.5 Å². The van der Waals surface area contributed by atoms with Crippen LogP contribution in [0.1, 0.15) is 32.8 Å². The van der Waals surface area contributed by atoms with Crippen LogP contribution in [0.5, 0.6) is 0 Å². The van der Waals surface area contributed by atoms with Crippen molar-refractivity contribution in [3.63, 3.8) is 0 Å². The number of carbonyl (C=O) groups is 2. The van der Waals surface area contributed by atoms with Crippen LogP contribution in [0.3, 0.4) is 0 Å². The lowest BCUT2D eigenvalue weighted by atomic mass is 10.1. The van der Waals surface area contributed by atoms with Gasteiger partial charge in [0.25, 0.3) is 0 Å². The summed E-state index contributed by atoms with van der Waals surface area (Å²) in [7, 11) is -3.10. The number of rotatable bonds is 9. The fourth-order valence-corrected chi connectivity index (χ4v) is 5.09. The molecule has 0 aliphatic carbocycles. The third-order valence-corrected chi connectivity index (χ3v) is 6.54. The van der Waals surface area contributed by atoms with Gasteiger partial charge in [-0.05, 0) is 32.4 Å². The summed E-state index contributed by atoms with van der Waals surface area (Å²) in [6, 6.07) is 9.29. The van der Waals surface area contributed by atoms with Gasteiger partial charge in [0, 0.05) is 18.6 Å². The molecule has 1 aliphatic heterocycles. The first-order valence-corrected chi connectivity index (χ1v) is 11.6. The number of likely N-dealkylation sites (N-methyl/N-ethyl adjacent to an activating group) is 1. The molecule has 1 aromatic rings. The Kier molecular flexibility index (Phi) is 8.00. The monoisotopic (exact) mass is 409 g/mol. The molecule has 28 heavy (non-hydrogen) atoms. The average Bonchev–Trinajstić information content (AvgIpc) is 2.98. The van der Waals surface area contributed by atoms with E-state index < -0.39 is 9.84 Å². The van der Waals surface area contributed by atoms with Gasteiger partial charge in [0.2, 0.25) is 11.8 Å². The number of hydrogen-bond donors (Lipinski definition) is 1. The Bertz CT molecular complexity index is 765. The van der Waals surface area contributed by atoms with E-state index in [0.29, 0.717) is 19.5 Å². The highest BCUT2D eigenvalue weighted by molar-refractivity contribution is 7.91. The fraction of sp³-hybridized carbons (Fsp3) is 0.600. The Balaban J connectivity index is 2.10. The number of nitrogens with one attached hydrogen (secondary N) is 1. The Morgan fingerprint density at radius 1 is 1.18 bits per heavy atom. The smallest absolute Gasteiger partial charge is 0.237 e. The van der Waals surface area contributed by atoms with E-state index >= 15 is 0 Å². The second-order valence-corrected chi connectivity index (χ2v) is 9.82. The summed E-state index contributed by atoms with van der Waals surface area (Å²) in [6.45, 7) is 6.84. The normalized spacial score (nSPS) is 18.4. The molecule has 1 N–H and O–H groups in total. The van der Waals surface area contributed by atoms with Crippen LogP contribution in [0.4, 0.5) is 0 Å². The molecule has 0 spiro atoms. The molecule has 7 nitrogen and oxygen atoms in total. The van der Waals surface area contributed by atoms with Crippen molar-refractivity contribution in [2.75, 3.05) is 31.1 Å². The maximum Gasteiger partial charge on any atom is 0.237 e. The number of amides is 2. The van der Waals surface area contributed by atoms with Crippen LogP contribution >= 0.6 is 0 Å². The zero-order valence-electron chi connectivity index (χ0n) is 16.9. The van der Waals surface area contributed by atoms with Crippen LogP contribution in [0.25, 0.3) is 0 Å². The van der Waals surface area contributed by atoms with Gasteiger partial charge in [0.15, 0.2) is 9.84 Å². The summed E-state index contributed by atoms with van der Waals surface area (Å²) < 4.78 is 23.9. The molecule has 1 fully saturated rings. The van der Waals surface area contributed by atoms with Crippen molar-refractivity contribution in [3.8, 4) is 0 Å². The van der Waals surface area contributed by atoms with E-state index in [1.54, 1.807) is 9.80 Å². The van der Waals surface area contributed by atoms with Crippen LogP contribution in [-0.4, -0.2) is 73.3 Å². The van der Waals surface area contributed by atoms with E-state index in [1.165, 1.54) is 0 Å². The minimum atomic E-state index is -3.10. The molecule has 1 aromatic carbocycles. The van der Waals surface area contributed by atoms with Crippen molar-refractivity contribution in [1.29, 1.82) is 0 Å². The molecule has 156 valence electrons. The van der Waals surface area contributed by atoms with Crippen LogP contribution < -0.4 is 5.32 Å². The second-order valence-electron chi connectivity index (χ2n) is 7.59. The van der Waals surface area contributed by atoms with E-state index in [-0.39, 0.29) is 48.5 Å². The molecular formula is C20H31N3O4S. The summed E-state index contributed by atoms with van der Waals surface area (Å²) in [4.78, 5) is 28.6. The minimum absolute atomic E-state index is 0.00549. The van der Waals surface area contributed by atoms with Gasteiger partial charge in [-0.1, -0.05) is 37.3 Å². The van der Waals surface area contributed by atoms with Gasteiger partial charge in [-0.2, -0.15) is 0 Å². The quantitative estimate of drug-likeness (QED) is 0.659. The van der Waals surface area contributed by atoms with Crippen molar-refractivity contribution in [3.05, 3.63) is 35.9 Å². The fourth-order valence-electron chi connectivity index (χ4n) is 3.35. The molecule has 1 atom stereocenters. The van der Waals surface area contributed by atoms with Crippen LogP contribution in [-0.2, 0) is 26.0 Å². The standard InChI is InChI=1S/C20H31N3O4S/c1-4-22(13-19(24)21-16(2)3)14-20(25)23(12-17-8-6-5-7-9-17)18-10-11-28(26,27)15-18/h5-9,16,18H,4,10-15H2,1-3H3,(H,21,24)/t18-/m0/s1. The Hall–Kier alpha value is -1.93. The van der Waals surface area contributed by atoms with Crippen LogP contribution in [0, 0.1) is 0 Å². The number of benzene rings is 1. The molecule has 1 saturated heterocycles.